The van der Waals surface area contributed by atoms with Crippen LogP contribution < -0.4 is 0 Å². The summed E-state index contributed by atoms with van der Waals surface area (Å²) in [5.74, 6) is -3.76. The molecule has 106 valence electrons. The Balaban J connectivity index is 2.71. The van der Waals surface area contributed by atoms with Crippen molar-refractivity contribution in [1.82, 2.24) is 4.90 Å². The SMILES string of the molecule is CC(C)OC1CCN(C(=O)C(C)(C)O)CC1(F)F. The molecule has 0 saturated carbocycles. The maximum Gasteiger partial charge on any atom is 0.290 e. The molecule has 1 rings (SSSR count). The summed E-state index contributed by atoms with van der Waals surface area (Å²) >= 11 is 0. The Hall–Kier alpha value is -0.750. The fraction of sp³-hybridized carbons (Fsp3) is 0.917. The van der Waals surface area contributed by atoms with Crippen LogP contribution in [0.1, 0.15) is 34.1 Å². The normalized spacial score (nSPS) is 24.4. The molecule has 4 nitrogen and oxygen atoms in total. The molecule has 1 saturated heterocycles. The molecule has 0 aromatic heterocycles. The second-order valence-corrected chi connectivity index (χ2v) is 5.51. The lowest BCUT2D eigenvalue weighted by molar-refractivity contribution is -0.194. The smallest absolute Gasteiger partial charge is 0.290 e. The zero-order valence-electron chi connectivity index (χ0n) is 11.2. The first-order chi connectivity index (χ1) is 8.04. The molecular weight excluding hydrogens is 244 g/mol. The maximum atomic E-state index is 13.8. The van der Waals surface area contributed by atoms with Crippen LogP contribution in [0.25, 0.3) is 0 Å². The minimum atomic E-state index is -3.08. The van der Waals surface area contributed by atoms with Crippen LogP contribution in [0.15, 0.2) is 0 Å². The summed E-state index contributed by atoms with van der Waals surface area (Å²) in [6.45, 7) is 5.46. The predicted molar refractivity (Wildman–Crippen MR) is 62.5 cm³/mol. The van der Waals surface area contributed by atoms with Crippen molar-refractivity contribution in [3.63, 3.8) is 0 Å². The number of ether oxygens (including phenoxy) is 1. The quantitative estimate of drug-likeness (QED) is 0.839. The van der Waals surface area contributed by atoms with Crippen LogP contribution in [0, 0.1) is 0 Å². The molecule has 6 heteroatoms. The van der Waals surface area contributed by atoms with E-state index in [9.17, 15) is 18.7 Å². The molecule has 1 aliphatic heterocycles. The van der Waals surface area contributed by atoms with Crippen LogP contribution in [-0.4, -0.2) is 52.7 Å². The summed E-state index contributed by atoms with van der Waals surface area (Å²) in [4.78, 5) is 12.7. The highest BCUT2D eigenvalue weighted by Gasteiger charge is 2.48. The number of halogens is 2. The fourth-order valence-electron chi connectivity index (χ4n) is 1.98. The highest BCUT2D eigenvalue weighted by Crippen LogP contribution is 2.31. The average molecular weight is 265 g/mol. The lowest BCUT2D eigenvalue weighted by Crippen LogP contribution is -2.58. The molecule has 0 radical (unpaired) electrons. The van der Waals surface area contributed by atoms with E-state index in [1.807, 2.05) is 0 Å². The Bertz CT molecular complexity index is 313. The molecule has 1 atom stereocenters. The summed E-state index contributed by atoms with van der Waals surface area (Å²) in [5, 5.41) is 9.55. The van der Waals surface area contributed by atoms with Crippen molar-refractivity contribution in [3.05, 3.63) is 0 Å². The number of carbonyl (C=O) groups excluding carboxylic acids is 1. The molecule has 1 unspecified atom stereocenters. The lowest BCUT2D eigenvalue weighted by atomic mass is 10.0. The Labute approximate surface area is 106 Å². The average Bonchev–Trinajstić information content (AvgIpc) is 2.17. The molecule has 1 aliphatic rings. The highest BCUT2D eigenvalue weighted by molar-refractivity contribution is 5.84. The molecule has 0 aromatic rings. The van der Waals surface area contributed by atoms with Gasteiger partial charge in [-0.3, -0.25) is 4.79 Å². The summed E-state index contributed by atoms with van der Waals surface area (Å²) in [6.07, 6.45) is -1.37. The number of hydrogen-bond acceptors (Lipinski definition) is 3. The number of hydrogen-bond donors (Lipinski definition) is 1. The first-order valence-corrected chi connectivity index (χ1v) is 6.09. The summed E-state index contributed by atoms with van der Waals surface area (Å²) < 4.78 is 32.8. The van der Waals surface area contributed by atoms with Gasteiger partial charge in [0.2, 0.25) is 0 Å². The molecule has 0 aromatic carbocycles. The maximum absolute atomic E-state index is 13.8. The van der Waals surface area contributed by atoms with Crippen LogP contribution in [0.5, 0.6) is 0 Å². The summed E-state index contributed by atoms with van der Waals surface area (Å²) in [7, 11) is 0. The van der Waals surface area contributed by atoms with Crippen LogP contribution in [0.2, 0.25) is 0 Å². The van der Waals surface area contributed by atoms with Crippen molar-refractivity contribution in [3.8, 4) is 0 Å². The topological polar surface area (TPSA) is 49.8 Å². The molecule has 1 amide bonds. The van der Waals surface area contributed by atoms with Gasteiger partial charge < -0.3 is 14.7 Å². The second kappa shape index (κ2) is 5.09. The molecular formula is C12H21F2NO3. The third-order valence-electron chi connectivity index (χ3n) is 2.78. The number of carbonyl (C=O) groups is 1. The van der Waals surface area contributed by atoms with E-state index in [1.165, 1.54) is 13.8 Å². The van der Waals surface area contributed by atoms with Crippen LogP contribution in [-0.2, 0) is 9.53 Å². The predicted octanol–water partition coefficient (Wildman–Crippen LogP) is 1.42. The number of amides is 1. The molecule has 1 heterocycles. The van der Waals surface area contributed by atoms with E-state index in [4.69, 9.17) is 4.74 Å². The van der Waals surface area contributed by atoms with E-state index in [1.54, 1.807) is 13.8 Å². The van der Waals surface area contributed by atoms with Crippen LogP contribution in [0.3, 0.4) is 0 Å². The minimum absolute atomic E-state index is 0.0764. The van der Waals surface area contributed by atoms with Gasteiger partial charge in [0, 0.05) is 6.54 Å². The van der Waals surface area contributed by atoms with Gasteiger partial charge in [-0.15, -0.1) is 0 Å². The largest absolute Gasteiger partial charge is 0.381 e. The summed E-state index contributed by atoms with van der Waals surface area (Å²) in [5.41, 5.74) is -1.62. The van der Waals surface area contributed by atoms with Gasteiger partial charge >= 0.3 is 0 Å². The zero-order chi connectivity index (χ0) is 14.1. The molecule has 0 spiro atoms. The van der Waals surface area contributed by atoms with E-state index >= 15 is 0 Å². The Morgan fingerprint density at radius 2 is 2.06 bits per heavy atom. The number of rotatable bonds is 3. The van der Waals surface area contributed by atoms with E-state index in [0.29, 0.717) is 0 Å². The van der Waals surface area contributed by atoms with Gasteiger partial charge in [0.25, 0.3) is 11.8 Å². The standard InChI is InChI=1S/C12H21F2NO3/c1-8(2)18-9-5-6-15(7-12(9,13)14)10(16)11(3,4)17/h8-9,17H,5-7H2,1-4H3. The van der Waals surface area contributed by atoms with Gasteiger partial charge in [-0.2, -0.15) is 0 Å². The molecule has 18 heavy (non-hydrogen) atoms. The molecule has 1 fully saturated rings. The Morgan fingerprint density at radius 1 is 1.50 bits per heavy atom. The van der Waals surface area contributed by atoms with Crippen molar-refractivity contribution in [2.45, 2.75) is 57.8 Å². The van der Waals surface area contributed by atoms with E-state index < -0.39 is 30.1 Å². The Kier molecular flexibility index (Phi) is 4.33. The third kappa shape index (κ3) is 3.62. The summed E-state index contributed by atoms with van der Waals surface area (Å²) in [6, 6.07) is 0. The monoisotopic (exact) mass is 265 g/mol. The molecule has 1 N–H and O–H groups in total. The molecule has 0 aliphatic carbocycles. The van der Waals surface area contributed by atoms with Gasteiger partial charge in [0.15, 0.2) is 0 Å². The molecule has 0 bridgehead atoms. The van der Waals surface area contributed by atoms with Crippen molar-refractivity contribution in [2.24, 2.45) is 0 Å². The van der Waals surface area contributed by atoms with E-state index in [2.05, 4.69) is 0 Å². The lowest BCUT2D eigenvalue weighted by Gasteiger charge is -2.40. The van der Waals surface area contributed by atoms with Gasteiger partial charge in [-0.25, -0.2) is 8.78 Å². The van der Waals surface area contributed by atoms with Crippen LogP contribution >= 0.6 is 0 Å². The van der Waals surface area contributed by atoms with Gasteiger partial charge in [0.1, 0.15) is 11.7 Å². The Morgan fingerprint density at radius 3 is 2.44 bits per heavy atom. The van der Waals surface area contributed by atoms with Crippen molar-refractivity contribution in [1.29, 1.82) is 0 Å². The van der Waals surface area contributed by atoms with E-state index in [-0.39, 0.29) is 19.1 Å². The number of likely N-dealkylation sites (tertiary alicyclic amines) is 1. The number of nitrogens with zero attached hydrogens (tertiary/aromatic N) is 1. The zero-order valence-corrected chi connectivity index (χ0v) is 11.2. The first-order valence-electron chi connectivity index (χ1n) is 6.09. The highest BCUT2D eigenvalue weighted by atomic mass is 19.3. The third-order valence-corrected chi connectivity index (χ3v) is 2.78. The van der Waals surface area contributed by atoms with Gasteiger partial charge in [-0.1, -0.05) is 0 Å². The van der Waals surface area contributed by atoms with Crippen molar-refractivity contribution < 1.29 is 23.4 Å². The van der Waals surface area contributed by atoms with Gasteiger partial charge in [-0.05, 0) is 34.1 Å². The van der Waals surface area contributed by atoms with Crippen molar-refractivity contribution in [2.75, 3.05) is 13.1 Å². The van der Waals surface area contributed by atoms with Gasteiger partial charge in [0.05, 0.1) is 12.6 Å². The fourth-order valence-corrected chi connectivity index (χ4v) is 1.98. The second-order valence-electron chi connectivity index (χ2n) is 5.51. The van der Waals surface area contributed by atoms with Crippen LogP contribution in [0.4, 0.5) is 8.78 Å². The minimum Gasteiger partial charge on any atom is -0.381 e. The van der Waals surface area contributed by atoms with Crippen molar-refractivity contribution >= 4 is 5.91 Å². The first kappa shape index (κ1) is 15.3. The van der Waals surface area contributed by atoms with E-state index in [0.717, 1.165) is 4.90 Å². The number of piperidine rings is 1. The number of alkyl halides is 2. The number of aliphatic hydroxyl groups is 1.